The summed E-state index contributed by atoms with van der Waals surface area (Å²) in [5.74, 6) is -0.330. The van der Waals surface area contributed by atoms with Crippen molar-refractivity contribution in [1.82, 2.24) is 19.7 Å². The zero-order chi connectivity index (χ0) is 16.5. The highest BCUT2D eigenvalue weighted by Gasteiger charge is 2.14. The Balaban J connectivity index is 1.92. The lowest BCUT2D eigenvalue weighted by Gasteiger charge is -2.04. The lowest BCUT2D eigenvalue weighted by molar-refractivity contribution is 0.627. The molecule has 0 spiro atoms. The molecule has 0 saturated carbocycles. The summed E-state index contributed by atoms with van der Waals surface area (Å²) in [4.78, 5) is 8.46. The maximum Gasteiger partial charge on any atom is 0.172 e. The van der Waals surface area contributed by atoms with Crippen molar-refractivity contribution in [2.24, 2.45) is 0 Å². The summed E-state index contributed by atoms with van der Waals surface area (Å²) in [5.41, 5.74) is 3.30. The number of nitriles is 1. The molecular weight excluding hydrogens is 305 g/mol. The lowest BCUT2D eigenvalue weighted by Crippen LogP contribution is -1.98. The highest BCUT2D eigenvalue weighted by atomic mass is 19.1. The number of aromatic nitrogens is 4. The van der Waals surface area contributed by atoms with E-state index in [1.807, 2.05) is 18.2 Å². The predicted octanol–water partition coefficient (Wildman–Crippen LogP) is 3.49. The van der Waals surface area contributed by atoms with Crippen LogP contribution in [-0.4, -0.2) is 19.7 Å². The Labute approximate surface area is 136 Å². The van der Waals surface area contributed by atoms with E-state index < -0.39 is 0 Å². The van der Waals surface area contributed by atoms with Crippen LogP contribution in [0, 0.1) is 17.1 Å². The minimum atomic E-state index is -0.330. The van der Waals surface area contributed by atoms with Crippen LogP contribution in [0.4, 0.5) is 4.39 Å². The van der Waals surface area contributed by atoms with Crippen molar-refractivity contribution >= 4 is 11.0 Å². The second kappa shape index (κ2) is 5.56. The van der Waals surface area contributed by atoms with Gasteiger partial charge in [0.25, 0.3) is 0 Å². The fourth-order valence-corrected chi connectivity index (χ4v) is 2.55. The van der Waals surface area contributed by atoms with Gasteiger partial charge in [-0.1, -0.05) is 0 Å². The first kappa shape index (κ1) is 14.0. The number of fused-ring (bicyclic) bond motifs is 1. The molecule has 0 amide bonds. The summed E-state index contributed by atoms with van der Waals surface area (Å²) in [6, 6.07) is 13.6. The smallest absolute Gasteiger partial charge is 0.172 e. The van der Waals surface area contributed by atoms with Crippen LogP contribution >= 0.6 is 0 Å². The first-order valence-corrected chi connectivity index (χ1v) is 7.21. The summed E-state index contributed by atoms with van der Waals surface area (Å²) >= 11 is 0. The van der Waals surface area contributed by atoms with Gasteiger partial charge in [0.1, 0.15) is 11.9 Å². The maximum atomic E-state index is 13.1. The number of rotatable bonds is 2. The second-order valence-corrected chi connectivity index (χ2v) is 5.18. The average molecular weight is 315 g/mol. The molecule has 0 saturated heterocycles. The van der Waals surface area contributed by atoms with E-state index in [4.69, 9.17) is 0 Å². The van der Waals surface area contributed by atoms with Crippen LogP contribution in [0.2, 0.25) is 0 Å². The Morgan fingerprint density at radius 1 is 1.00 bits per heavy atom. The van der Waals surface area contributed by atoms with Crippen molar-refractivity contribution in [2.45, 2.75) is 0 Å². The van der Waals surface area contributed by atoms with Gasteiger partial charge in [0.05, 0.1) is 11.1 Å². The summed E-state index contributed by atoms with van der Waals surface area (Å²) in [7, 11) is 0. The van der Waals surface area contributed by atoms with E-state index >= 15 is 0 Å². The second-order valence-electron chi connectivity index (χ2n) is 5.18. The highest BCUT2D eigenvalue weighted by Crippen LogP contribution is 2.26. The average Bonchev–Trinajstić information content (AvgIpc) is 3.01. The van der Waals surface area contributed by atoms with Gasteiger partial charge in [-0.2, -0.15) is 10.4 Å². The number of hydrogen-bond donors (Lipinski definition) is 0. The molecule has 5 nitrogen and oxygen atoms in total. The number of benzene rings is 1. The van der Waals surface area contributed by atoms with Crippen molar-refractivity contribution < 1.29 is 4.39 Å². The fourth-order valence-electron chi connectivity index (χ4n) is 2.55. The molecule has 0 atom stereocenters. The monoisotopic (exact) mass is 315 g/mol. The van der Waals surface area contributed by atoms with Gasteiger partial charge in [0, 0.05) is 24.2 Å². The van der Waals surface area contributed by atoms with Crippen LogP contribution in [0.5, 0.6) is 0 Å². The van der Waals surface area contributed by atoms with Gasteiger partial charge >= 0.3 is 0 Å². The quantitative estimate of drug-likeness (QED) is 0.568. The molecule has 0 bridgehead atoms. The minimum Gasteiger partial charge on any atom is -0.265 e. The van der Waals surface area contributed by atoms with E-state index in [2.05, 4.69) is 21.1 Å². The Kier molecular flexibility index (Phi) is 3.25. The van der Waals surface area contributed by atoms with Crippen LogP contribution < -0.4 is 0 Å². The van der Waals surface area contributed by atoms with E-state index in [0.29, 0.717) is 16.7 Å². The van der Waals surface area contributed by atoms with Crippen LogP contribution in [-0.2, 0) is 0 Å². The van der Waals surface area contributed by atoms with Crippen LogP contribution in [0.15, 0.2) is 61.1 Å². The zero-order valence-electron chi connectivity index (χ0n) is 12.4. The maximum absolute atomic E-state index is 13.1. The van der Waals surface area contributed by atoms with Crippen LogP contribution in [0.3, 0.4) is 0 Å². The molecule has 0 aliphatic carbocycles. The van der Waals surface area contributed by atoms with Gasteiger partial charge < -0.3 is 0 Å². The number of hydrogen-bond acceptors (Lipinski definition) is 4. The largest absolute Gasteiger partial charge is 0.265 e. The molecule has 0 aliphatic heterocycles. The molecule has 0 radical (unpaired) electrons. The molecule has 0 aliphatic rings. The van der Waals surface area contributed by atoms with Crippen molar-refractivity contribution in [1.29, 1.82) is 5.26 Å². The molecule has 0 fully saturated rings. The third-order valence-electron chi connectivity index (χ3n) is 3.71. The Hall–Kier alpha value is -3.59. The van der Waals surface area contributed by atoms with Crippen molar-refractivity contribution in [3.05, 3.63) is 72.6 Å². The third-order valence-corrected chi connectivity index (χ3v) is 3.71. The van der Waals surface area contributed by atoms with Gasteiger partial charge in [0.15, 0.2) is 11.3 Å². The van der Waals surface area contributed by atoms with E-state index in [-0.39, 0.29) is 11.5 Å². The summed E-state index contributed by atoms with van der Waals surface area (Å²) in [6.07, 6.45) is 5.12. The number of nitrogens with zero attached hydrogens (tertiary/aromatic N) is 5. The fraction of sp³-hybridized carbons (Fsp3) is 0. The Bertz CT molecular complexity index is 1060. The van der Waals surface area contributed by atoms with Crippen LogP contribution in [0.1, 0.15) is 5.69 Å². The molecule has 3 aromatic heterocycles. The summed E-state index contributed by atoms with van der Waals surface area (Å²) in [5, 5.41) is 14.3. The molecule has 0 unspecified atom stereocenters. The molecule has 3 heterocycles. The van der Waals surface area contributed by atoms with Gasteiger partial charge in [-0.3, -0.25) is 4.98 Å². The molecule has 4 aromatic rings. The van der Waals surface area contributed by atoms with Crippen molar-refractivity contribution in [3.8, 4) is 22.9 Å². The first-order valence-electron chi connectivity index (χ1n) is 7.21. The predicted molar refractivity (Wildman–Crippen MR) is 86.8 cm³/mol. The van der Waals surface area contributed by atoms with Crippen LogP contribution in [0.25, 0.3) is 27.8 Å². The van der Waals surface area contributed by atoms with E-state index in [0.717, 1.165) is 11.1 Å². The Morgan fingerprint density at radius 3 is 2.46 bits per heavy atom. The molecule has 0 N–H and O–H groups in total. The summed E-state index contributed by atoms with van der Waals surface area (Å²) < 4.78 is 14.7. The van der Waals surface area contributed by atoms with Gasteiger partial charge in [0.2, 0.25) is 0 Å². The first-order chi connectivity index (χ1) is 11.8. The SMILES string of the molecule is N#Cc1nn(-c2ccc(F)cc2)c2ncc(-c3ccncc3)cc12. The molecule has 4 rings (SSSR count). The summed E-state index contributed by atoms with van der Waals surface area (Å²) in [6.45, 7) is 0. The minimum absolute atomic E-state index is 0.276. The highest BCUT2D eigenvalue weighted by molar-refractivity contribution is 5.86. The molecule has 114 valence electrons. The third kappa shape index (κ3) is 2.29. The van der Waals surface area contributed by atoms with Crippen molar-refractivity contribution in [3.63, 3.8) is 0 Å². The molecular formula is C18H10FN5. The lowest BCUT2D eigenvalue weighted by atomic mass is 10.1. The number of pyridine rings is 2. The zero-order valence-corrected chi connectivity index (χ0v) is 12.4. The molecule has 1 aromatic carbocycles. The van der Waals surface area contributed by atoms with Gasteiger partial charge in [-0.15, -0.1) is 0 Å². The topological polar surface area (TPSA) is 67.4 Å². The standard InChI is InChI=1S/C18H10FN5/c19-14-1-3-15(4-2-14)24-18-16(17(10-20)23-24)9-13(11-22-18)12-5-7-21-8-6-12/h1-9,11H. The van der Waals surface area contributed by atoms with Crippen molar-refractivity contribution in [2.75, 3.05) is 0 Å². The van der Waals surface area contributed by atoms with Gasteiger partial charge in [-0.05, 0) is 48.0 Å². The number of halogens is 1. The van der Waals surface area contributed by atoms with Gasteiger partial charge in [-0.25, -0.2) is 14.1 Å². The molecule has 24 heavy (non-hydrogen) atoms. The van der Waals surface area contributed by atoms with E-state index in [1.165, 1.54) is 12.1 Å². The van der Waals surface area contributed by atoms with E-state index in [9.17, 15) is 9.65 Å². The molecule has 6 heteroatoms. The Morgan fingerprint density at radius 2 is 1.75 bits per heavy atom. The normalized spacial score (nSPS) is 10.7. The van der Waals surface area contributed by atoms with E-state index in [1.54, 1.807) is 35.4 Å².